The number of hydrogen-bond donors (Lipinski definition) is 1. The lowest BCUT2D eigenvalue weighted by Crippen LogP contribution is -2.32. The van der Waals surface area contributed by atoms with E-state index in [1.165, 1.54) is 0 Å². The highest BCUT2D eigenvalue weighted by molar-refractivity contribution is 5.49. The van der Waals surface area contributed by atoms with Crippen LogP contribution in [0.5, 0.6) is 0 Å². The summed E-state index contributed by atoms with van der Waals surface area (Å²) in [5.41, 5.74) is 0. The maximum Gasteiger partial charge on any atom is 0.134 e. The topological polar surface area (TPSA) is 41.1 Å². The van der Waals surface area contributed by atoms with Crippen molar-refractivity contribution >= 4 is 11.6 Å². The molecule has 0 saturated heterocycles. The van der Waals surface area contributed by atoms with Gasteiger partial charge in [0.2, 0.25) is 0 Å². The molecule has 1 aromatic rings. The minimum Gasteiger partial charge on any atom is -0.373 e. The van der Waals surface area contributed by atoms with Crippen LogP contribution in [-0.4, -0.2) is 30.1 Å². The van der Waals surface area contributed by atoms with Gasteiger partial charge in [-0.25, -0.2) is 9.97 Å². The highest BCUT2D eigenvalue weighted by atomic mass is 15.2. The van der Waals surface area contributed by atoms with Gasteiger partial charge in [-0.15, -0.1) is 0 Å². The Morgan fingerprint density at radius 2 is 1.70 bits per heavy atom. The van der Waals surface area contributed by atoms with Gasteiger partial charge in [0.25, 0.3) is 0 Å². The molecule has 4 nitrogen and oxygen atoms in total. The number of anilines is 2. The lowest BCUT2D eigenvalue weighted by Gasteiger charge is -2.28. The SMILES string of the molecule is CCCc1nc(NC)cc(N(CC(C)C)CC(C)C)n1. The molecule has 1 heterocycles. The van der Waals surface area contributed by atoms with Gasteiger partial charge in [0.1, 0.15) is 17.5 Å². The average molecular weight is 278 g/mol. The predicted octanol–water partition coefficient (Wildman–Crippen LogP) is 3.59. The monoisotopic (exact) mass is 278 g/mol. The van der Waals surface area contributed by atoms with E-state index >= 15 is 0 Å². The molecule has 0 saturated carbocycles. The van der Waals surface area contributed by atoms with Crippen molar-refractivity contribution in [3.05, 3.63) is 11.9 Å². The van der Waals surface area contributed by atoms with E-state index in [2.05, 4.69) is 55.9 Å². The number of aryl methyl sites for hydroxylation is 1. The van der Waals surface area contributed by atoms with Crippen LogP contribution >= 0.6 is 0 Å². The fourth-order valence-corrected chi connectivity index (χ4v) is 2.25. The molecule has 1 N–H and O–H groups in total. The third-order valence-electron chi connectivity index (χ3n) is 2.98. The van der Waals surface area contributed by atoms with E-state index < -0.39 is 0 Å². The van der Waals surface area contributed by atoms with Gasteiger partial charge in [-0.3, -0.25) is 0 Å². The second-order valence-electron chi connectivity index (χ2n) is 6.22. The van der Waals surface area contributed by atoms with Gasteiger partial charge in [-0.05, 0) is 18.3 Å². The van der Waals surface area contributed by atoms with Crippen LogP contribution in [0.25, 0.3) is 0 Å². The summed E-state index contributed by atoms with van der Waals surface area (Å²) < 4.78 is 0. The molecule has 0 aliphatic rings. The molecule has 0 radical (unpaired) electrons. The van der Waals surface area contributed by atoms with Crippen LogP contribution in [-0.2, 0) is 6.42 Å². The van der Waals surface area contributed by atoms with Crippen LogP contribution in [0.2, 0.25) is 0 Å². The van der Waals surface area contributed by atoms with Gasteiger partial charge >= 0.3 is 0 Å². The van der Waals surface area contributed by atoms with Gasteiger partial charge in [0, 0.05) is 32.6 Å². The lowest BCUT2D eigenvalue weighted by atomic mass is 10.1. The fourth-order valence-electron chi connectivity index (χ4n) is 2.25. The molecule has 4 heteroatoms. The molecule has 0 aliphatic carbocycles. The van der Waals surface area contributed by atoms with E-state index in [-0.39, 0.29) is 0 Å². The van der Waals surface area contributed by atoms with Crippen LogP contribution in [0.15, 0.2) is 6.07 Å². The van der Waals surface area contributed by atoms with Crippen LogP contribution < -0.4 is 10.2 Å². The standard InChI is InChI=1S/C16H30N4/c1-7-8-14-18-15(17-6)9-16(19-14)20(10-12(2)3)11-13(4)5/h9,12-13H,7-8,10-11H2,1-6H3,(H,17,18,19). The van der Waals surface area contributed by atoms with E-state index in [4.69, 9.17) is 4.98 Å². The molecular weight excluding hydrogens is 248 g/mol. The van der Waals surface area contributed by atoms with Crippen molar-refractivity contribution in [2.24, 2.45) is 11.8 Å². The van der Waals surface area contributed by atoms with Crippen molar-refractivity contribution in [1.82, 2.24) is 9.97 Å². The zero-order valence-electron chi connectivity index (χ0n) is 13.9. The average Bonchev–Trinajstić information content (AvgIpc) is 2.37. The van der Waals surface area contributed by atoms with Gasteiger partial charge < -0.3 is 10.2 Å². The summed E-state index contributed by atoms with van der Waals surface area (Å²) in [6.45, 7) is 13.2. The second-order valence-corrected chi connectivity index (χ2v) is 6.22. The van der Waals surface area contributed by atoms with Gasteiger partial charge in [-0.2, -0.15) is 0 Å². The molecule has 0 aliphatic heterocycles. The molecular formula is C16H30N4. The van der Waals surface area contributed by atoms with Gasteiger partial charge in [0.05, 0.1) is 0 Å². The Hall–Kier alpha value is -1.32. The van der Waals surface area contributed by atoms with Gasteiger partial charge in [0.15, 0.2) is 0 Å². The lowest BCUT2D eigenvalue weighted by molar-refractivity contribution is 0.547. The Kier molecular flexibility index (Phi) is 6.76. The van der Waals surface area contributed by atoms with E-state index in [0.29, 0.717) is 11.8 Å². The van der Waals surface area contributed by atoms with Crippen molar-refractivity contribution in [1.29, 1.82) is 0 Å². The molecule has 0 aromatic carbocycles. The molecule has 0 unspecified atom stereocenters. The number of nitrogens with zero attached hydrogens (tertiary/aromatic N) is 3. The molecule has 1 rings (SSSR count). The Morgan fingerprint density at radius 3 is 2.15 bits per heavy atom. The summed E-state index contributed by atoms with van der Waals surface area (Å²) in [6, 6.07) is 2.06. The Balaban J connectivity index is 3.06. The normalized spacial score (nSPS) is 11.2. The zero-order valence-corrected chi connectivity index (χ0v) is 13.9. The van der Waals surface area contributed by atoms with Crippen molar-refractivity contribution in [3.8, 4) is 0 Å². The highest BCUT2D eigenvalue weighted by Crippen LogP contribution is 2.19. The van der Waals surface area contributed by atoms with Crippen molar-refractivity contribution in [3.63, 3.8) is 0 Å². The van der Waals surface area contributed by atoms with Crippen molar-refractivity contribution < 1.29 is 0 Å². The number of rotatable bonds is 8. The zero-order chi connectivity index (χ0) is 15.1. The maximum absolute atomic E-state index is 4.75. The first-order valence-electron chi connectivity index (χ1n) is 7.76. The Labute approximate surface area is 124 Å². The first-order valence-corrected chi connectivity index (χ1v) is 7.76. The third kappa shape index (κ3) is 5.35. The van der Waals surface area contributed by atoms with E-state index in [0.717, 1.165) is 43.4 Å². The summed E-state index contributed by atoms with van der Waals surface area (Å²) >= 11 is 0. The predicted molar refractivity (Wildman–Crippen MR) is 87.5 cm³/mol. The van der Waals surface area contributed by atoms with Crippen LogP contribution in [0.1, 0.15) is 46.9 Å². The fraction of sp³-hybridized carbons (Fsp3) is 0.750. The molecule has 20 heavy (non-hydrogen) atoms. The van der Waals surface area contributed by atoms with Crippen LogP contribution in [0.4, 0.5) is 11.6 Å². The van der Waals surface area contributed by atoms with Gasteiger partial charge in [-0.1, -0.05) is 34.6 Å². The summed E-state index contributed by atoms with van der Waals surface area (Å²) in [4.78, 5) is 11.7. The summed E-state index contributed by atoms with van der Waals surface area (Å²) in [5.74, 6) is 4.14. The molecule has 0 spiro atoms. The van der Waals surface area contributed by atoms with Crippen molar-refractivity contribution in [2.45, 2.75) is 47.5 Å². The molecule has 114 valence electrons. The summed E-state index contributed by atoms with van der Waals surface area (Å²) in [6.07, 6.45) is 2.00. The number of nitrogens with one attached hydrogen (secondary N) is 1. The first kappa shape index (κ1) is 16.7. The minimum atomic E-state index is 0.622. The van der Waals surface area contributed by atoms with E-state index in [9.17, 15) is 0 Å². The molecule has 0 atom stereocenters. The Morgan fingerprint density at radius 1 is 1.10 bits per heavy atom. The maximum atomic E-state index is 4.75. The second kappa shape index (κ2) is 8.08. The van der Waals surface area contributed by atoms with E-state index in [1.807, 2.05) is 7.05 Å². The highest BCUT2D eigenvalue weighted by Gasteiger charge is 2.14. The summed E-state index contributed by atoms with van der Waals surface area (Å²) in [5, 5.41) is 3.15. The molecule has 1 aromatic heterocycles. The molecule has 0 bridgehead atoms. The third-order valence-corrected chi connectivity index (χ3v) is 2.98. The number of hydrogen-bond acceptors (Lipinski definition) is 4. The van der Waals surface area contributed by atoms with E-state index in [1.54, 1.807) is 0 Å². The van der Waals surface area contributed by atoms with Crippen molar-refractivity contribution in [2.75, 3.05) is 30.4 Å². The van der Waals surface area contributed by atoms with Crippen LogP contribution in [0.3, 0.4) is 0 Å². The van der Waals surface area contributed by atoms with Crippen LogP contribution in [0, 0.1) is 11.8 Å². The minimum absolute atomic E-state index is 0.622. The number of aromatic nitrogens is 2. The molecule has 0 amide bonds. The Bertz CT molecular complexity index is 391. The largest absolute Gasteiger partial charge is 0.373 e. The first-order chi connectivity index (χ1) is 9.46. The summed E-state index contributed by atoms with van der Waals surface area (Å²) in [7, 11) is 1.91. The smallest absolute Gasteiger partial charge is 0.134 e. The molecule has 0 fully saturated rings. The quantitative estimate of drug-likeness (QED) is 0.789.